The molecule has 3 heteroatoms. The molecular weight excluding hydrogens is 182 g/mol. The third-order valence-corrected chi connectivity index (χ3v) is 3.84. The van der Waals surface area contributed by atoms with Crippen LogP contribution in [-0.4, -0.2) is 23.5 Å². The van der Waals surface area contributed by atoms with Crippen molar-refractivity contribution in [3.8, 4) is 0 Å². The predicted octanol–water partition coefficient (Wildman–Crippen LogP) is 2.19. The van der Waals surface area contributed by atoms with Crippen molar-refractivity contribution in [1.82, 2.24) is 5.32 Å². The number of rotatable bonds is 3. The van der Waals surface area contributed by atoms with Crippen molar-refractivity contribution >= 4 is 17.7 Å². The van der Waals surface area contributed by atoms with Crippen LogP contribution in [0.1, 0.15) is 39.0 Å². The first kappa shape index (κ1) is 10.9. The Morgan fingerprint density at radius 3 is 2.77 bits per heavy atom. The quantitative estimate of drug-likeness (QED) is 0.758. The average Bonchev–Trinajstić information content (AvgIpc) is 2.18. The van der Waals surface area contributed by atoms with Gasteiger partial charge in [0, 0.05) is 17.7 Å². The SMILES string of the molecule is CCC(=O)NC1CCCCC1SC. The van der Waals surface area contributed by atoms with Crippen LogP contribution in [0.25, 0.3) is 0 Å². The van der Waals surface area contributed by atoms with Gasteiger partial charge in [-0.1, -0.05) is 19.8 Å². The zero-order valence-corrected chi connectivity index (χ0v) is 9.32. The Morgan fingerprint density at radius 2 is 2.15 bits per heavy atom. The van der Waals surface area contributed by atoms with E-state index in [1.165, 1.54) is 19.3 Å². The number of hydrogen-bond acceptors (Lipinski definition) is 2. The van der Waals surface area contributed by atoms with Crippen molar-refractivity contribution in [3.05, 3.63) is 0 Å². The lowest BCUT2D eigenvalue weighted by Crippen LogP contribution is -2.43. The first-order chi connectivity index (χ1) is 6.27. The number of carbonyl (C=O) groups is 1. The fraction of sp³-hybridized carbons (Fsp3) is 0.900. The minimum absolute atomic E-state index is 0.200. The standard InChI is InChI=1S/C10H19NOS/c1-3-10(12)11-8-6-4-5-7-9(8)13-2/h8-9H,3-7H2,1-2H3,(H,11,12). The number of nitrogens with one attached hydrogen (secondary N) is 1. The first-order valence-electron chi connectivity index (χ1n) is 5.10. The molecule has 76 valence electrons. The Morgan fingerprint density at radius 1 is 1.46 bits per heavy atom. The van der Waals surface area contributed by atoms with E-state index in [1.807, 2.05) is 18.7 Å². The van der Waals surface area contributed by atoms with Crippen molar-refractivity contribution in [2.24, 2.45) is 0 Å². The Hall–Kier alpha value is -0.180. The van der Waals surface area contributed by atoms with E-state index < -0.39 is 0 Å². The number of carbonyl (C=O) groups excluding carboxylic acids is 1. The van der Waals surface area contributed by atoms with Gasteiger partial charge in [0.25, 0.3) is 0 Å². The van der Waals surface area contributed by atoms with Gasteiger partial charge in [-0.2, -0.15) is 11.8 Å². The van der Waals surface area contributed by atoms with Crippen LogP contribution in [-0.2, 0) is 4.79 Å². The fourth-order valence-electron chi connectivity index (χ4n) is 1.85. The van der Waals surface area contributed by atoms with E-state index in [1.54, 1.807) is 0 Å². The molecule has 1 fully saturated rings. The molecule has 2 nitrogen and oxygen atoms in total. The molecule has 0 aromatic heterocycles. The zero-order chi connectivity index (χ0) is 9.68. The minimum Gasteiger partial charge on any atom is -0.352 e. The smallest absolute Gasteiger partial charge is 0.219 e. The monoisotopic (exact) mass is 201 g/mol. The number of amides is 1. The van der Waals surface area contributed by atoms with Gasteiger partial charge < -0.3 is 5.32 Å². The summed E-state index contributed by atoms with van der Waals surface area (Å²) in [5.41, 5.74) is 0. The van der Waals surface area contributed by atoms with Gasteiger partial charge >= 0.3 is 0 Å². The van der Waals surface area contributed by atoms with E-state index in [2.05, 4.69) is 11.6 Å². The molecule has 0 bridgehead atoms. The lowest BCUT2D eigenvalue weighted by Gasteiger charge is -2.30. The third kappa shape index (κ3) is 3.22. The van der Waals surface area contributed by atoms with Crippen LogP contribution in [0.4, 0.5) is 0 Å². The lowest BCUT2D eigenvalue weighted by molar-refractivity contribution is -0.121. The van der Waals surface area contributed by atoms with Crippen LogP contribution in [0, 0.1) is 0 Å². The molecule has 0 spiro atoms. The van der Waals surface area contributed by atoms with Crippen LogP contribution in [0.15, 0.2) is 0 Å². The van der Waals surface area contributed by atoms with Gasteiger partial charge in [-0.05, 0) is 19.1 Å². The molecule has 0 aliphatic heterocycles. The largest absolute Gasteiger partial charge is 0.352 e. The van der Waals surface area contributed by atoms with E-state index in [0.717, 1.165) is 6.42 Å². The maximum atomic E-state index is 11.2. The van der Waals surface area contributed by atoms with Crippen molar-refractivity contribution in [3.63, 3.8) is 0 Å². The summed E-state index contributed by atoms with van der Waals surface area (Å²) in [7, 11) is 0. The van der Waals surface area contributed by atoms with E-state index in [-0.39, 0.29) is 5.91 Å². The summed E-state index contributed by atoms with van der Waals surface area (Å²) in [6, 6.07) is 0.427. The normalized spacial score (nSPS) is 28.5. The van der Waals surface area contributed by atoms with Gasteiger partial charge in [-0.15, -0.1) is 0 Å². The Balaban J connectivity index is 2.40. The molecule has 1 aliphatic carbocycles. The summed E-state index contributed by atoms with van der Waals surface area (Å²) in [4.78, 5) is 11.2. The average molecular weight is 201 g/mol. The summed E-state index contributed by atoms with van der Waals surface area (Å²) in [5.74, 6) is 0.200. The molecular formula is C10H19NOS. The molecule has 0 aromatic rings. The van der Waals surface area contributed by atoms with Crippen molar-refractivity contribution in [2.45, 2.75) is 50.3 Å². The van der Waals surface area contributed by atoms with Crippen LogP contribution >= 0.6 is 11.8 Å². The molecule has 0 radical (unpaired) electrons. The summed E-state index contributed by atoms with van der Waals surface area (Å²) in [5, 5.41) is 3.75. The van der Waals surface area contributed by atoms with E-state index >= 15 is 0 Å². The van der Waals surface area contributed by atoms with Crippen LogP contribution in [0.3, 0.4) is 0 Å². The molecule has 1 N–H and O–H groups in total. The lowest BCUT2D eigenvalue weighted by atomic mass is 9.95. The second-order valence-electron chi connectivity index (χ2n) is 3.59. The summed E-state index contributed by atoms with van der Waals surface area (Å²) < 4.78 is 0. The molecule has 0 aromatic carbocycles. The topological polar surface area (TPSA) is 29.1 Å². The molecule has 1 aliphatic rings. The summed E-state index contributed by atoms with van der Waals surface area (Å²) in [6.07, 6.45) is 7.77. The summed E-state index contributed by atoms with van der Waals surface area (Å²) >= 11 is 1.89. The van der Waals surface area contributed by atoms with Crippen molar-refractivity contribution in [2.75, 3.05) is 6.26 Å². The Labute approximate surface area is 84.9 Å². The predicted molar refractivity (Wildman–Crippen MR) is 58.0 cm³/mol. The Kier molecular flexibility index (Phi) is 4.64. The van der Waals surface area contributed by atoms with Gasteiger partial charge in [-0.3, -0.25) is 4.79 Å². The molecule has 13 heavy (non-hydrogen) atoms. The van der Waals surface area contributed by atoms with Gasteiger partial charge in [0.15, 0.2) is 0 Å². The molecule has 2 unspecified atom stereocenters. The molecule has 0 heterocycles. The van der Waals surface area contributed by atoms with Gasteiger partial charge in [0.2, 0.25) is 5.91 Å². The highest BCUT2D eigenvalue weighted by atomic mass is 32.2. The second-order valence-corrected chi connectivity index (χ2v) is 4.66. The molecule has 1 saturated carbocycles. The first-order valence-corrected chi connectivity index (χ1v) is 6.39. The van der Waals surface area contributed by atoms with Crippen molar-refractivity contribution in [1.29, 1.82) is 0 Å². The maximum absolute atomic E-state index is 11.2. The summed E-state index contributed by atoms with van der Waals surface area (Å²) in [6.45, 7) is 1.91. The molecule has 1 rings (SSSR count). The van der Waals surface area contributed by atoms with Gasteiger partial charge in [-0.25, -0.2) is 0 Å². The zero-order valence-electron chi connectivity index (χ0n) is 8.51. The molecule has 1 amide bonds. The number of thioether (sulfide) groups is 1. The Bertz CT molecular complexity index is 172. The minimum atomic E-state index is 0.200. The fourth-order valence-corrected chi connectivity index (χ4v) is 2.79. The van der Waals surface area contributed by atoms with E-state index in [9.17, 15) is 4.79 Å². The van der Waals surface area contributed by atoms with Crippen LogP contribution in [0.2, 0.25) is 0 Å². The van der Waals surface area contributed by atoms with Gasteiger partial charge in [0.1, 0.15) is 0 Å². The van der Waals surface area contributed by atoms with Crippen LogP contribution in [0.5, 0.6) is 0 Å². The van der Waals surface area contributed by atoms with E-state index in [4.69, 9.17) is 0 Å². The van der Waals surface area contributed by atoms with Crippen LogP contribution < -0.4 is 5.32 Å². The third-order valence-electron chi connectivity index (χ3n) is 2.67. The molecule has 2 atom stereocenters. The van der Waals surface area contributed by atoms with E-state index in [0.29, 0.717) is 17.7 Å². The number of hydrogen-bond donors (Lipinski definition) is 1. The highest BCUT2D eigenvalue weighted by Gasteiger charge is 2.24. The molecule has 0 saturated heterocycles. The second kappa shape index (κ2) is 5.53. The van der Waals surface area contributed by atoms with Gasteiger partial charge in [0.05, 0.1) is 0 Å². The van der Waals surface area contributed by atoms with Crippen molar-refractivity contribution < 1.29 is 4.79 Å². The highest BCUT2D eigenvalue weighted by molar-refractivity contribution is 7.99. The highest BCUT2D eigenvalue weighted by Crippen LogP contribution is 2.27. The maximum Gasteiger partial charge on any atom is 0.219 e.